The Morgan fingerprint density at radius 3 is 2.37 bits per heavy atom. The van der Waals surface area contributed by atoms with Crippen molar-refractivity contribution in [3.05, 3.63) is 71.3 Å². The zero-order chi connectivity index (χ0) is 13.5. The van der Waals surface area contributed by atoms with Crippen LogP contribution in [0.5, 0.6) is 0 Å². The summed E-state index contributed by atoms with van der Waals surface area (Å²) in [6.07, 6.45) is 0. The highest BCUT2D eigenvalue weighted by Crippen LogP contribution is 2.21. The van der Waals surface area contributed by atoms with Crippen LogP contribution in [0.2, 0.25) is 0 Å². The lowest BCUT2D eigenvalue weighted by atomic mass is 9.97. The van der Waals surface area contributed by atoms with E-state index >= 15 is 0 Å². The zero-order valence-electron chi connectivity index (χ0n) is 11.2. The summed E-state index contributed by atoms with van der Waals surface area (Å²) >= 11 is 6.08. The van der Waals surface area contributed by atoms with Gasteiger partial charge in [0.05, 0.1) is 13.2 Å². The summed E-state index contributed by atoms with van der Waals surface area (Å²) in [6, 6.07) is 18.6. The third kappa shape index (κ3) is 4.09. The molecule has 0 aliphatic heterocycles. The molecule has 100 valence electrons. The molecule has 1 atom stereocenters. The van der Waals surface area contributed by atoms with E-state index in [1.54, 1.807) is 0 Å². The molecule has 2 aromatic carbocycles. The molecule has 2 heteroatoms. The molecular weight excluding hydrogens is 256 g/mol. The fourth-order valence-corrected chi connectivity index (χ4v) is 2.41. The second-order valence-electron chi connectivity index (χ2n) is 4.71. The van der Waals surface area contributed by atoms with E-state index in [0.29, 0.717) is 19.1 Å². The molecule has 0 saturated heterocycles. The van der Waals surface area contributed by atoms with Gasteiger partial charge in [0, 0.05) is 11.8 Å². The molecule has 0 radical (unpaired) electrons. The Balaban J connectivity index is 1.92. The van der Waals surface area contributed by atoms with Crippen molar-refractivity contribution in [1.82, 2.24) is 0 Å². The number of alkyl halides is 1. The van der Waals surface area contributed by atoms with Gasteiger partial charge >= 0.3 is 0 Å². The second kappa shape index (κ2) is 7.32. The molecule has 0 saturated carbocycles. The van der Waals surface area contributed by atoms with E-state index in [2.05, 4.69) is 43.3 Å². The van der Waals surface area contributed by atoms with Gasteiger partial charge in [-0.1, -0.05) is 54.6 Å². The van der Waals surface area contributed by atoms with E-state index in [1.165, 1.54) is 16.7 Å². The van der Waals surface area contributed by atoms with Crippen LogP contribution in [-0.4, -0.2) is 12.5 Å². The van der Waals surface area contributed by atoms with Gasteiger partial charge in [-0.3, -0.25) is 0 Å². The summed E-state index contributed by atoms with van der Waals surface area (Å²) in [5.74, 6) is 0.839. The zero-order valence-corrected chi connectivity index (χ0v) is 11.9. The Morgan fingerprint density at radius 2 is 1.68 bits per heavy atom. The predicted octanol–water partition coefficient (Wildman–Crippen LogP) is 4.53. The molecular formula is C17H19ClO. The van der Waals surface area contributed by atoms with Gasteiger partial charge in [0.15, 0.2) is 0 Å². The average Bonchev–Trinajstić information content (AvgIpc) is 2.46. The van der Waals surface area contributed by atoms with Crippen molar-refractivity contribution < 1.29 is 4.74 Å². The van der Waals surface area contributed by atoms with Crippen molar-refractivity contribution in [3.63, 3.8) is 0 Å². The van der Waals surface area contributed by atoms with Gasteiger partial charge in [0.25, 0.3) is 0 Å². The number of rotatable bonds is 6. The Bertz CT molecular complexity index is 496. The number of hydrogen-bond acceptors (Lipinski definition) is 1. The maximum atomic E-state index is 6.08. The van der Waals surface area contributed by atoms with Crippen LogP contribution in [0.1, 0.15) is 22.6 Å². The summed E-state index contributed by atoms with van der Waals surface area (Å²) in [7, 11) is 0. The van der Waals surface area contributed by atoms with Crippen molar-refractivity contribution >= 4 is 11.6 Å². The van der Waals surface area contributed by atoms with E-state index < -0.39 is 0 Å². The second-order valence-corrected chi connectivity index (χ2v) is 5.02. The monoisotopic (exact) mass is 274 g/mol. The minimum Gasteiger partial charge on any atom is -0.376 e. The minimum atomic E-state index is 0.256. The highest BCUT2D eigenvalue weighted by molar-refractivity contribution is 6.18. The molecule has 0 fully saturated rings. The molecule has 2 aromatic rings. The minimum absolute atomic E-state index is 0.256. The van der Waals surface area contributed by atoms with Gasteiger partial charge in [-0.15, -0.1) is 11.6 Å². The van der Waals surface area contributed by atoms with Crippen molar-refractivity contribution in [1.29, 1.82) is 0 Å². The van der Waals surface area contributed by atoms with E-state index in [-0.39, 0.29) is 5.92 Å². The highest BCUT2D eigenvalue weighted by atomic mass is 35.5. The van der Waals surface area contributed by atoms with Crippen LogP contribution in [-0.2, 0) is 11.3 Å². The van der Waals surface area contributed by atoms with E-state index in [9.17, 15) is 0 Å². The summed E-state index contributed by atoms with van der Waals surface area (Å²) in [5.41, 5.74) is 3.75. The van der Waals surface area contributed by atoms with Crippen LogP contribution < -0.4 is 0 Å². The van der Waals surface area contributed by atoms with Gasteiger partial charge in [0.2, 0.25) is 0 Å². The number of ether oxygens (including phenoxy) is 1. The quantitative estimate of drug-likeness (QED) is 0.703. The van der Waals surface area contributed by atoms with Crippen molar-refractivity contribution in [3.8, 4) is 0 Å². The summed E-state index contributed by atoms with van der Waals surface area (Å²) < 4.78 is 5.80. The topological polar surface area (TPSA) is 9.23 Å². The Kier molecular flexibility index (Phi) is 5.44. The normalized spacial score (nSPS) is 12.3. The van der Waals surface area contributed by atoms with Crippen LogP contribution in [0.3, 0.4) is 0 Å². The van der Waals surface area contributed by atoms with Crippen LogP contribution >= 0.6 is 11.6 Å². The number of aryl methyl sites for hydroxylation is 1. The smallest absolute Gasteiger partial charge is 0.0717 e. The fraction of sp³-hybridized carbons (Fsp3) is 0.294. The molecule has 0 heterocycles. The highest BCUT2D eigenvalue weighted by Gasteiger charge is 2.12. The molecule has 0 aromatic heterocycles. The lowest BCUT2D eigenvalue weighted by Crippen LogP contribution is -2.11. The van der Waals surface area contributed by atoms with Gasteiger partial charge in [0.1, 0.15) is 0 Å². The third-order valence-corrected chi connectivity index (χ3v) is 3.62. The van der Waals surface area contributed by atoms with Crippen LogP contribution in [0, 0.1) is 6.92 Å². The van der Waals surface area contributed by atoms with E-state index in [1.807, 2.05) is 18.2 Å². The van der Waals surface area contributed by atoms with Crippen LogP contribution in [0.25, 0.3) is 0 Å². The Morgan fingerprint density at radius 1 is 1.00 bits per heavy atom. The predicted molar refractivity (Wildman–Crippen MR) is 80.7 cm³/mol. The summed E-state index contributed by atoms with van der Waals surface area (Å²) in [5, 5.41) is 0. The largest absolute Gasteiger partial charge is 0.376 e. The lowest BCUT2D eigenvalue weighted by molar-refractivity contribution is 0.111. The maximum Gasteiger partial charge on any atom is 0.0717 e. The van der Waals surface area contributed by atoms with Gasteiger partial charge in [-0.05, 0) is 23.6 Å². The Hall–Kier alpha value is -1.31. The van der Waals surface area contributed by atoms with Gasteiger partial charge in [-0.2, -0.15) is 0 Å². The van der Waals surface area contributed by atoms with Gasteiger partial charge in [-0.25, -0.2) is 0 Å². The molecule has 0 N–H and O–H groups in total. The third-order valence-electron chi connectivity index (χ3n) is 3.25. The van der Waals surface area contributed by atoms with E-state index in [0.717, 1.165) is 0 Å². The molecule has 0 aliphatic carbocycles. The summed E-state index contributed by atoms with van der Waals surface area (Å²) in [6.45, 7) is 3.41. The van der Waals surface area contributed by atoms with Crippen molar-refractivity contribution in [2.75, 3.05) is 12.5 Å². The molecule has 2 rings (SSSR count). The first kappa shape index (κ1) is 14.1. The molecule has 0 aliphatic rings. The molecule has 19 heavy (non-hydrogen) atoms. The van der Waals surface area contributed by atoms with Crippen LogP contribution in [0.15, 0.2) is 54.6 Å². The summed E-state index contributed by atoms with van der Waals surface area (Å²) in [4.78, 5) is 0. The first-order valence-corrected chi connectivity index (χ1v) is 7.08. The first-order valence-electron chi connectivity index (χ1n) is 6.54. The van der Waals surface area contributed by atoms with Gasteiger partial charge < -0.3 is 4.74 Å². The Labute approximate surface area is 120 Å². The fourth-order valence-electron chi connectivity index (χ4n) is 2.16. The molecule has 1 unspecified atom stereocenters. The maximum absolute atomic E-state index is 6.08. The molecule has 0 amide bonds. The van der Waals surface area contributed by atoms with Crippen molar-refractivity contribution in [2.45, 2.75) is 19.4 Å². The number of halogens is 1. The average molecular weight is 275 g/mol. The standard InChI is InChI=1S/C17H19ClO/c1-14-7-5-6-10-17(14)16(11-18)13-19-12-15-8-3-2-4-9-15/h2-10,16H,11-13H2,1H3. The molecule has 0 spiro atoms. The van der Waals surface area contributed by atoms with Crippen LogP contribution in [0.4, 0.5) is 0 Å². The van der Waals surface area contributed by atoms with Crippen molar-refractivity contribution in [2.24, 2.45) is 0 Å². The van der Waals surface area contributed by atoms with E-state index in [4.69, 9.17) is 16.3 Å². The number of hydrogen-bond donors (Lipinski definition) is 0. The lowest BCUT2D eigenvalue weighted by Gasteiger charge is -2.17. The molecule has 1 nitrogen and oxygen atoms in total. The number of benzene rings is 2. The molecule has 0 bridgehead atoms. The first-order chi connectivity index (χ1) is 9.31. The SMILES string of the molecule is Cc1ccccc1C(CCl)COCc1ccccc1.